The van der Waals surface area contributed by atoms with Gasteiger partial charge in [-0.1, -0.05) is 12.1 Å². The molecule has 0 amide bonds. The van der Waals surface area contributed by atoms with Gasteiger partial charge in [0.05, 0.1) is 54.6 Å². The van der Waals surface area contributed by atoms with Crippen molar-refractivity contribution in [3.63, 3.8) is 0 Å². The normalized spacial score (nSPS) is 11.9. The number of nitrogens with one attached hydrogen (secondary N) is 4. The lowest BCUT2D eigenvalue weighted by molar-refractivity contribution is -0.146. The first-order valence-electron chi connectivity index (χ1n) is 16.4. The maximum absolute atomic E-state index is 11.8. The van der Waals surface area contributed by atoms with E-state index in [9.17, 15) is 9.59 Å². The van der Waals surface area contributed by atoms with Crippen molar-refractivity contribution in [2.45, 2.75) is 39.1 Å². The fourth-order valence-electron chi connectivity index (χ4n) is 4.87. The molecule has 280 valence electrons. The molecular weight excluding hydrogens is 676 g/mol. The van der Waals surface area contributed by atoms with Crippen molar-refractivity contribution >= 4 is 46.5 Å². The van der Waals surface area contributed by atoms with Crippen molar-refractivity contribution in [2.75, 3.05) is 75.9 Å². The van der Waals surface area contributed by atoms with Gasteiger partial charge in [-0.2, -0.15) is 9.97 Å². The number of esters is 2. The Morgan fingerprint density at radius 2 is 0.981 bits per heavy atom. The number of nitrogens with zero attached hydrogens (tertiary/aromatic N) is 4. The van der Waals surface area contributed by atoms with Gasteiger partial charge in [-0.15, -0.1) is 0 Å². The van der Waals surface area contributed by atoms with Crippen LogP contribution in [0.1, 0.15) is 25.0 Å². The largest absolute Gasteiger partial charge is 0.493 e. The Balaban J connectivity index is 1.76. The first-order valence-corrected chi connectivity index (χ1v) is 16.4. The van der Waals surface area contributed by atoms with E-state index in [1.807, 2.05) is 36.4 Å². The molecule has 2 atom stereocenters. The Hall–Kier alpha value is -5.88. The summed E-state index contributed by atoms with van der Waals surface area (Å²) in [6.07, 6.45) is -1.06. The van der Waals surface area contributed by atoms with Gasteiger partial charge in [0.15, 0.2) is 34.6 Å². The topological polar surface area (TPSA) is 241 Å². The minimum Gasteiger partial charge on any atom is -0.493 e. The molecule has 2 heterocycles. The van der Waals surface area contributed by atoms with Crippen molar-refractivity contribution in [3.05, 3.63) is 47.5 Å². The molecule has 2 aromatic carbocycles. The average Bonchev–Trinajstić information content (AvgIpc) is 3.16. The van der Waals surface area contributed by atoms with Crippen molar-refractivity contribution in [3.8, 4) is 23.0 Å². The lowest BCUT2D eigenvalue weighted by Crippen LogP contribution is -2.28. The standard InChI is InChI=1S/C34H46N10O8/c1-19(51-27(45)13-35)15-39-33-41-29-30(31(43-33)37-17-21-7-9-23(47-3)25(11-21)49-5)42-34(40-16-20(2)52-28(46)14-36)44-32(29)38-18-22-8-10-24(48-4)26(12-22)50-6/h7-12,19-20H,13-18,35-36H2,1-6H3,(H2,37,39,41,43)(H2,38,40,42,44). The summed E-state index contributed by atoms with van der Waals surface area (Å²) in [6.45, 7) is 4.01. The number of fused-ring (bicyclic) bond motifs is 1. The van der Waals surface area contributed by atoms with E-state index in [1.54, 1.807) is 42.3 Å². The van der Waals surface area contributed by atoms with E-state index >= 15 is 0 Å². The lowest BCUT2D eigenvalue weighted by Gasteiger charge is -2.18. The summed E-state index contributed by atoms with van der Waals surface area (Å²) in [7, 11) is 6.27. The lowest BCUT2D eigenvalue weighted by atomic mass is 10.2. The van der Waals surface area contributed by atoms with E-state index in [2.05, 4.69) is 21.3 Å². The van der Waals surface area contributed by atoms with Gasteiger partial charge in [-0.25, -0.2) is 9.97 Å². The highest BCUT2D eigenvalue weighted by atomic mass is 16.5. The zero-order chi connectivity index (χ0) is 37.6. The van der Waals surface area contributed by atoms with Gasteiger partial charge in [-0.3, -0.25) is 9.59 Å². The molecule has 18 heteroatoms. The van der Waals surface area contributed by atoms with Gasteiger partial charge in [0.25, 0.3) is 0 Å². The van der Waals surface area contributed by atoms with Crippen molar-refractivity contribution in [1.29, 1.82) is 0 Å². The molecule has 0 aliphatic carbocycles. The van der Waals surface area contributed by atoms with Crippen LogP contribution in [0.2, 0.25) is 0 Å². The van der Waals surface area contributed by atoms with Crippen molar-refractivity contribution in [2.24, 2.45) is 11.5 Å². The number of carbonyl (C=O) groups is 2. The Labute approximate surface area is 301 Å². The third-order valence-corrected chi connectivity index (χ3v) is 7.45. The molecule has 0 aliphatic rings. The van der Waals surface area contributed by atoms with E-state index in [4.69, 9.17) is 59.8 Å². The minimum atomic E-state index is -0.534. The first-order chi connectivity index (χ1) is 25.1. The molecule has 4 rings (SSSR count). The molecule has 2 unspecified atom stereocenters. The average molecular weight is 723 g/mol. The molecule has 0 saturated carbocycles. The van der Waals surface area contributed by atoms with E-state index in [1.165, 1.54) is 0 Å². The number of hydrogen-bond acceptors (Lipinski definition) is 18. The fraction of sp³-hybridized carbons (Fsp3) is 0.412. The third kappa shape index (κ3) is 10.6. The second-order valence-corrected chi connectivity index (χ2v) is 11.3. The zero-order valence-electron chi connectivity index (χ0n) is 30.1. The van der Waals surface area contributed by atoms with E-state index in [-0.39, 0.29) is 38.1 Å². The molecule has 0 saturated heterocycles. The highest BCUT2D eigenvalue weighted by Crippen LogP contribution is 2.31. The maximum Gasteiger partial charge on any atom is 0.320 e. The van der Waals surface area contributed by atoms with Crippen LogP contribution in [0.25, 0.3) is 11.0 Å². The van der Waals surface area contributed by atoms with Gasteiger partial charge in [0, 0.05) is 13.1 Å². The number of nitrogens with two attached hydrogens (primary N) is 2. The van der Waals surface area contributed by atoms with Crippen LogP contribution >= 0.6 is 0 Å². The first kappa shape index (κ1) is 38.9. The maximum atomic E-state index is 11.8. The number of methoxy groups -OCH3 is 4. The summed E-state index contributed by atoms with van der Waals surface area (Å²) in [4.78, 5) is 42.5. The van der Waals surface area contributed by atoms with Crippen LogP contribution in [0.15, 0.2) is 36.4 Å². The molecule has 0 aliphatic heterocycles. The summed E-state index contributed by atoms with van der Waals surface area (Å²) in [5.74, 6) is 2.44. The second kappa shape index (κ2) is 18.9. The fourth-order valence-corrected chi connectivity index (χ4v) is 4.87. The molecular formula is C34H46N10O8. The van der Waals surface area contributed by atoms with Crippen molar-refractivity contribution < 1.29 is 38.0 Å². The molecule has 0 bridgehead atoms. The number of rotatable bonds is 20. The molecule has 8 N–H and O–H groups in total. The summed E-state index contributed by atoms with van der Waals surface area (Å²) in [5.41, 5.74) is 13.3. The van der Waals surface area contributed by atoms with Gasteiger partial charge in [0.2, 0.25) is 11.9 Å². The summed E-state index contributed by atoms with van der Waals surface area (Å²) < 4.78 is 32.3. The Morgan fingerprint density at radius 1 is 0.596 bits per heavy atom. The Morgan fingerprint density at radius 3 is 1.33 bits per heavy atom. The number of carbonyl (C=O) groups excluding carboxylic acids is 2. The van der Waals surface area contributed by atoms with E-state index in [0.29, 0.717) is 58.8 Å². The predicted octanol–water partition coefficient (Wildman–Crippen LogP) is 2.28. The van der Waals surface area contributed by atoms with E-state index in [0.717, 1.165) is 11.1 Å². The number of benzene rings is 2. The molecule has 0 spiro atoms. The van der Waals surface area contributed by atoms with Crippen LogP contribution in [0.4, 0.5) is 23.5 Å². The summed E-state index contributed by atoms with van der Waals surface area (Å²) in [5, 5.41) is 13.0. The molecule has 0 radical (unpaired) electrons. The summed E-state index contributed by atoms with van der Waals surface area (Å²) in [6, 6.07) is 11.1. The molecule has 52 heavy (non-hydrogen) atoms. The number of aromatic nitrogens is 4. The molecule has 18 nitrogen and oxygen atoms in total. The van der Waals surface area contributed by atoms with Gasteiger partial charge in [-0.05, 0) is 49.2 Å². The highest BCUT2D eigenvalue weighted by Gasteiger charge is 2.19. The second-order valence-electron chi connectivity index (χ2n) is 11.3. The van der Waals surface area contributed by atoms with Gasteiger partial charge < -0.3 is 61.2 Å². The minimum absolute atomic E-state index is 0.195. The van der Waals surface area contributed by atoms with Crippen LogP contribution in [0.3, 0.4) is 0 Å². The van der Waals surface area contributed by atoms with Gasteiger partial charge >= 0.3 is 11.9 Å². The summed E-state index contributed by atoms with van der Waals surface area (Å²) >= 11 is 0. The molecule has 4 aromatic rings. The van der Waals surface area contributed by atoms with Crippen molar-refractivity contribution in [1.82, 2.24) is 19.9 Å². The predicted molar refractivity (Wildman–Crippen MR) is 195 cm³/mol. The third-order valence-electron chi connectivity index (χ3n) is 7.45. The zero-order valence-corrected chi connectivity index (χ0v) is 30.1. The van der Waals surface area contributed by atoms with E-state index < -0.39 is 24.1 Å². The van der Waals surface area contributed by atoms with Gasteiger partial charge in [0.1, 0.15) is 23.2 Å². The van der Waals surface area contributed by atoms with Crippen LogP contribution in [-0.4, -0.2) is 98.7 Å². The molecule has 0 fully saturated rings. The number of anilines is 4. The van der Waals surface area contributed by atoms with Crippen LogP contribution in [0.5, 0.6) is 23.0 Å². The molecule has 2 aromatic heterocycles. The van der Waals surface area contributed by atoms with Crippen LogP contribution < -0.4 is 51.7 Å². The Kier molecular flexibility index (Phi) is 14.2. The smallest absolute Gasteiger partial charge is 0.320 e. The number of hydrogen-bond donors (Lipinski definition) is 6. The van der Waals surface area contributed by atoms with Crippen LogP contribution in [0, 0.1) is 0 Å². The monoisotopic (exact) mass is 722 g/mol. The quantitative estimate of drug-likeness (QED) is 0.0717. The van der Waals surface area contributed by atoms with Crippen LogP contribution in [-0.2, 0) is 32.2 Å². The SMILES string of the molecule is COc1ccc(CNc2nc(NCC(C)OC(=O)CN)nc3c(NCc4ccc(OC)c(OC)c4)nc(NCC(C)OC(=O)CN)nc23)cc1OC. The highest BCUT2D eigenvalue weighted by molar-refractivity contribution is 5.94. The Bertz CT molecular complexity index is 1700. The number of ether oxygens (including phenoxy) is 6.